The third-order valence-electron chi connectivity index (χ3n) is 2.50. The van der Waals surface area contributed by atoms with Crippen LogP contribution in [0, 0.1) is 0 Å². The molecule has 3 rings (SSSR count). The summed E-state index contributed by atoms with van der Waals surface area (Å²) >= 11 is 4.58. The summed E-state index contributed by atoms with van der Waals surface area (Å²) in [7, 11) is 0. The van der Waals surface area contributed by atoms with Crippen LogP contribution >= 0.6 is 12.2 Å². The van der Waals surface area contributed by atoms with E-state index < -0.39 is 0 Å². The van der Waals surface area contributed by atoms with E-state index >= 15 is 0 Å². The molecule has 0 atom stereocenters. The minimum absolute atomic E-state index is 0.883. The predicted molar refractivity (Wildman–Crippen MR) is 82.9 cm³/mol. The van der Waals surface area contributed by atoms with E-state index in [1.165, 1.54) is 5.39 Å². The van der Waals surface area contributed by atoms with E-state index in [2.05, 4.69) is 39.5 Å². The zero-order valence-corrected chi connectivity index (χ0v) is 11.0. The Kier molecular flexibility index (Phi) is 4.94. The fourth-order valence-corrected chi connectivity index (χ4v) is 1.77. The topological polar surface area (TPSA) is 25.2 Å². The molecule has 19 heavy (non-hydrogen) atoms. The van der Waals surface area contributed by atoms with E-state index in [1.54, 1.807) is 12.4 Å². The smallest absolute Gasteiger partial charge is 0.0817 e. The SMILES string of the molecule is S=C=Nc1cccc2ccccc12.c1ccncc1. The van der Waals surface area contributed by atoms with E-state index in [9.17, 15) is 0 Å². The van der Waals surface area contributed by atoms with Gasteiger partial charge in [0.15, 0.2) is 0 Å². The highest BCUT2D eigenvalue weighted by atomic mass is 32.1. The van der Waals surface area contributed by atoms with Crippen molar-refractivity contribution in [2.24, 2.45) is 4.99 Å². The summed E-state index contributed by atoms with van der Waals surface area (Å²) < 4.78 is 0. The zero-order chi connectivity index (χ0) is 13.3. The molecule has 0 fully saturated rings. The number of hydrogen-bond acceptors (Lipinski definition) is 3. The second kappa shape index (κ2) is 7.17. The fourth-order valence-electron chi connectivity index (χ4n) is 1.67. The van der Waals surface area contributed by atoms with Crippen LogP contribution in [0.2, 0.25) is 0 Å². The number of nitrogens with zero attached hydrogens (tertiary/aromatic N) is 2. The first-order valence-electron chi connectivity index (χ1n) is 5.82. The van der Waals surface area contributed by atoms with Gasteiger partial charge < -0.3 is 0 Å². The fraction of sp³-hybridized carbons (Fsp3) is 0. The number of aliphatic imine (C=N–C) groups is 1. The van der Waals surface area contributed by atoms with Crippen LogP contribution in [-0.4, -0.2) is 10.1 Å². The van der Waals surface area contributed by atoms with Gasteiger partial charge in [-0.25, -0.2) is 0 Å². The Morgan fingerprint density at radius 3 is 2.21 bits per heavy atom. The van der Waals surface area contributed by atoms with Crippen molar-refractivity contribution in [3.8, 4) is 0 Å². The quantitative estimate of drug-likeness (QED) is 0.472. The predicted octanol–water partition coefficient (Wildman–Crippen LogP) is 4.66. The largest absolute Gasteiger partial charge is 0.265 e. The standard InChI is InChI=1S/C11H7NS.C5H5N/c13-8-12-11-7-3-5-9-4-1-2-6-10(9)11;1-2-4-6-5-3-1/h1-7H;1-5H. The Labute approximate surface area is 117 Å². The number of fused-ring (bicyclic) bond motifs is 1. The highest BCUT2D eigenvalue weighted by Crippen LogP contribution is 2.24. The lowest BCUT2D eigenvalue weighted by atomic mass is 10.1. The third-order valence-corrected chi connectivity index (χ3v) is 2.59. The molecular weight excluding hydrogens is 252 g/mol. The summed E-state index contributed by atoms with van der Waals surface area (Å²) in [5, 5.41) is 4.67. The van der Waals surface area contributed by atoms with E-state index in [4.69, 9.17) is 0 Å². The highest BCUT2D eigenvalue weighted by molar-refractivity contribution is 7.78. The Hall–Kier alpha value is -2.35. The molecule has 0 spiro atoms. The van der Waals surface area contributed by atoms with E-state index in [-0.39, 0.29) is 0 Å². The molecule has 0 unspecified atom stereocenters. The van der Waals surface area contributed by atoms with Crippen molar-refractivity contribution in [3.05, 3.63) is 73.1 Å². The van der Waals surface area contributed by atoms with Gasteiger partial charge >= 0.3 is 0 Å². The number of rotatable bonds is 1. The van der Waals surface area contributed by atoms with Crippen molar-refractivity contribution in [2.75, 3.05) is 0 Å². The van der Waals surface area contributed by atoms with Crippen molar-refractivity contribution in [3.63, 3.8) is 0 Å². The lowest BCUT2D eigenvalue weighted by Gasteiger charge is -1.98. The van der Waals surface area contributed by atoms with E-state index in [0.717, 1.165) is 11.1 Å². The Morgan fingerprint density at radius 2 is 1.58 bits per heavy atom. The lowest BCUT2D eigenvalue weighted by molar-refractivity contribution is 1.33. The molecule has 0 N–H and O–H groups in total. The van der Waals surface area contributed by atoms with Gasteiger partial charge in [-0.2, -0.15) is 4.99 Å². The molecule has 2 aromatic carbocycles. The van der Waals surface area contributed by atoms with Gasteiger partial charge in [-0.15, -0.1) is 0 Å². The van der Waals surface area contributed by atoms with Crippen LogP contribution in [0.4, 0.5) is 5.69 Å². The molecule has 2 nitrogen and oxygen atoms in total. The second-order valence-corrected chi connectivity index (χ2v) is 3.91. The summed E-state index contributed by atoms with van der Waals surface area (Å²) in [4.78, 5) is 7.78. The first-order valence-corrected chi connectivity index (χ1v) is 6.23. The lowest BCUT2D eigenvalue weighted by Crippen LogP contribution is -1.71. The first-order chi connectivity index (χ1) is 9.42. The maximum atomic E-state index is 4.58. The van der Waals surface area contributed by atoms with Crippen molar-refractivity contribution in [2.45, 2.75) is 0 Å². The van der Waals surface area contributed by atoms with Gasteiger partial charge in [0, 0.05) is 17.8 Å². The Bertz CT molecular complexity index is 657. The molecule has 0 saturated carbocycles. The highest BCUT2D eigenvalue weighted by Gasteiger charge is 1.96. The van der Waals surface area contributed by atoms with Crippen molar-refractivity contribution >= 4 is 33.8 Å². The number of thiocarbonyl (C=S) groups is 1. The normalized spacial score (nSPS) is 9.05. The number of hydrogen-bond donors (Lipinski definition) is 0. The molecule has 3 aromatic rings. The van der Waals surface area contributed by atoms with Gasteiger partial charge in [0.1, 0.15) is 0 Å². The molecule has 1 aromatic heterocycles. The molecule has 0 aliphatic heterocycles. The van der Waals surface area contributed by atoms with Crippen LogP contribution < -0.4 is 0 Å². The Balaban J connectivity index is 0.000000186. The molecule has 0 bridgehead atoms. The monoisotopic (exact) mass is 264 g/mol. The average Bonchev–Trinajstić information content (AvgIpc) is 2.50. The maximum absolute atomic E-state index is 4.58. The van der Waals surface area contributed by atoms with Crippen LogP contribution in [0.3, 0.4) is 0 Å². The van der Waals surface area contributed by atoms with Gasteiger partial charge in [-0.3, -0.25) is 4.98 Å². The van der Waals surface area contributed by atoms with Crippen LogP contribution in [0.25, 0.3) is 10.8 Å². The minimum Gasteiger partial charge on any atom is -0.265 e. The number of aromatic nitrogens is 1. The summed E-state index contributed by atoms with van der Waals surface area (Å²) in [5.74, 6) is 0. The van der Waals surface area contributed by atoms with Gasteiger partial charge in [0.25, 0.3) is 0 Å². The molecule has 0 saturated heterocycles. The van der Waals surface area contributed by atoms with Gasteiger partial charge in [0.2, 0.25) is 0 Å². The minimum atomic E-state index is 0.883. The molecule has 0 aliphatic carbocycles. The summed E-state index contributed by atoms with van der Waals surface area (Å²) in [6.07, 6.45) is 3.50. The van der Waals surface area contributed by atoms with E-state index in [1.807, 2.05) is 48.5 Å². The Morgan fingerprint density at radius 1 is 0.842 bits per heavy atom. The molecule has 0 amide bonds. The van der Waals surface area contributed by atoms with Gasteiger partial charge in [-0.1, -0.05) is 42.5 Å². The molecule has 0 radical (unpaired) electrons. The number of pyridine rings is 1. The summed E-state index contributed by atoms with van der Waals surface area (Å²) in [6.45, 7) is 0. The summed E-state index contributed by atoms with van der Waals surface area (Å²) in [5.41, 5.74) is 0.883. The van der Waals surface area contributed by atoms with Crippen LogP contribution in [0.5, 0.6) is 0 Å². The molecule has 92 valence electrons. The molecule has 0 aliphatic rings. The molecular formula is C16H12N2S. The third kappa shape index (κ3) is 3.81. The van der Waals surface area contributed by atoms with Crippen molar-refractivity contribution in [1.29, 1.82) is 0 Å². The van der Waals surface area contributed by atoms with Crippen molar-refractivity contribution in [1.82, 2.24) is 4.98 Å². The second-order valence-electron chi connectivity index (χ2n) is 3.73. The average molecular weight is 264 g/mol. The van der Waals surface area contributed by atoms with Crippen molar-refractivity contribution < 1.29 is 0 Å². The maximum Gasteiger partial charge on any atom is 0.0817 e. The van der Waals surface area contributed by atoms with Crippen LogP contribution in [0.1, 0.15) is 0 Å². The van der Waals surface area contributed by atoms with E-state index in [0.29, 0.717) is 0 Å². The summed E-state index contributed by atoms with van der Waals surface area (Å²) in [6, 6.07) is 19.7. The number of isothiocyanates is 1. The van der Waals surface area contributed by atoms with Gasteiger partial charge in [-0.05, 0) is 35.8 Å². The zero-order valence-electron chi connectivity index (χ0n) is 10.2. The number of benzene rings is 2. The molecule has 1 heterocycles. The first kappa shape index (κ1) is 13.1. The van der Waals surface area contributed by atoms with Crippen LogP contribution in [-0.2, 0) is 0 Å². The van der Waals surface area contributed by atoms with Gasteiger partial charge in [0.05, 0.1) is 10.8 Å². The molecule has 3 heteroatoms. The van der Waals surface area contributed by atoms with Crippen LogP contribution in [0.15, 0.2) is 78.0 Å².